The minimum absolute atomic E-state index is 0. The molecule has 0 fully saturated rings. The summed E-state index contributed by atoms with van der Waals surface area (Å²) >= 11 is 0. The summed E-state index contributed by atoms with van der Waals surface area (Å²) in [5, 5.41) is 6.99. The van der Waals surface area contributed by atoms with Gasteiger partial charge in [-0.25, -0.2) is 0 Å². The number of aromatic nitrogens is 2. The Bertz CT molecular complexity index is 646. The van der Waals surface area contributed by atoms with E-state index < -0.39 is 0 Å². The molecule has 0 unspecified atom stereocenters. The first-order valence-electron chi connectivity index (χ1n) is 8.08. The van der Waals surface area contributed by atoms with Crippen LogP contribution >= 0.6 is 12.4 Å². The average molecular weight is 369 g/mol. The lowest BCUT2D eigenvalue weighted by Crippen LogP contribution is -2.32. The Morgan fingerprint density at radius 3 is 2.68 bits per heavy atom. The molecule has 0 aliphatic carbocycles. The van der Waals surface area contributed by atoms with Crippen molar-refractivity contribution in [2.45, 2.75) is 19.8 Å². The molecule has 138 valence electrons. The number of aryl methyl sites for hydroxylation is 1. The number of carbonyl (C=O) groups is 1. The molecular weight excluding hydrogens is 344 g/mol. The average Bonchev–Trinajstić information content (AvgIpc) is 3.07. The van der Waals surface area contributed by atoms with Gasteiger partial charge in [0.15, 0.2) is 0 Å². The number of carbonyl (C=O) groups excluding carboxylic acids is 1. The van der Waals surface area contributed by atoms with Crippen LogP contribution in [0.4, 0.5) is 0 Å². The fourth-order valence-corrected chi connectivity index (χ4v) is 2.15. The number of nitrogens with zero attached hydrogens (tertiary/aromatic N) is 3. The zero-order valence-corrected chi connectivity index (χ0v) is 15.6. The lowest BCUT2D eigenvalue weighted by molar-refractivity contribution is -0.129. The molecule has 0 bridgehead atoms. The van der Waals surface area contributed by atoms with Crippen LogP contribution in [0.1, 0.15) is 19.2 Å². The summed E-state index contributed by atoms with van der Waals surface area (Å²) in [6.07, 6.45) is 0.790. The second kappa shape index (κ2) is 10.7. The van der Waals surface area contributed by atoms with Crippen LogP contribution in [0.15, 0.2) is 28.8 Å². The third-order valence-corrected chi connectivity index (χ3v) is 3.57. The van der Waals surface area contributed by atoms with Gasteiger partial charge in [0.1, 0.15) is 5.75 Å². The highest BCUT2D eigenvalue weighted by molar-refractivity contribution is 5.85. The summed E-state index contributed by atoms with van der Waals surface area (Å²) in [5.74, 6) is 1.85. The predicted octanol–water partition coefficient (Wildman–Crippen LogP) is 2.17. The maximum Gasteiger partial charge on any atom is 0.227 e. The Balaban J connectivity index is 0.00000312. The maximum absolute atomic E-state index is 12.0. The normalized spacial score (nSPS) is 10.2. The van der Waals surface area contributed by atoms with Gasteiger partial charge < -0.3 is 19.5 Å². The first-order valence-corrected chi connectivity index (χ1v) is 8.08. The van der Waals surface area contributed by atoms with Crippen molar-refractivity contribution >= 4 is 18.3 Å². The Hall–Kier alpha value is -2.12. The summed E-state index contributed by atoms with van der Waals surface area (Å²) in [5.41, 5.74) is 0.853. The highest BCUT2D eigenvalue weighted by Crippen LogP contribution is 2.20. The molecule has 0 saturated carbocycles. The van der Waals surface area contributed by atoms with Crippen LogP contribution in [-0.2, 0) is 11.2 Å². The van der Waals surface area contributed by atoms with E-state index in [4.69, 9.17) is 9.26 Å². The van der Waals surface area contributed by atoms with Crippen LogP contribution < -0.4 is 10.1 Å². The molecule has 25 heavy (non-hydrogen) atoms. The number of likely N-dealkylation sites (N-methyl/N-ethyl adjacent to an activating group) is 2. The number of hydrogen-bond acceptors (Lipinski definition) is 6. The zero-order valence-electron chi connectivity index (χ0n) is 14.8. The van der Waals surface area contributed by atoms with E-state index in [2.05, 4.69) is 15.5 Å². The molecule has 1 heterocycles. The molecule has 0 atom stereocenters. The van der Waals surface area contributed by atoms with Gasteiger partial charge >= 0.3 is 0 Å². The molecule has 1 aromatic carbocycles. The number of rotatable bonds is 9. The van der Waals surface area contributed by atoms with Crippen LogP contribution in [0.2, 0.25) is 0 Å². The van der Waals surface area contributed by atoms with E-state index in [0.29, 0.717) is 37.7 Å². The molecule has 0 saturated heterocycles. The number of amides is 1. The Labute approximate surface area is 154 Å². The first-order chi connectivity index (χ1) is 11.6. The van der Waals surface area contributed by atoms with Gasteiger partial charge in [-0.15, -0.1) is 12.4 Å². The second-order valence-electron chi connectivity index (χ2n) is 5.39. The highest BCUT2D eigenvalue weighted by atomic mass is 35.5. The van der Waals surface area contributed by atoms with E-state index in [9.17, 15) is 4.79 Å². The van der Waals surface area contributed by atoms with Crippen molar-refractivity contribution in [1.82, 2.24) is 20.4 Å². The Morgan fingerprint density at radius 1 is 1.32 bits per heavy atom. The van der Waals surface area contributed by atoms with Gasteiger partial charge in [0.05, 0.1) is 6.61 Å². The molecule has 0 radical (unpaired) electrons. The van der Waals surface area contributed by atoms with Gasteiger partial charge in [0.2, 0.25) is 17.6 Å². The summed E-state index contributed by atoms with van der Waals surface area (Å²) < 4.78 is 10.6. The fourth-order valence-electron chi connectivity index (χ4n) is 2.15. The predicted molar refractivity (Wildman–Crippen MR) is 98.0 cm³/mol. The van der Waals surface area contributed by atoms with Crippen molar-refractivity contribution in [2.24, 2.45) is 0 Å². The maximum atomic E-state index is 12.0. The molecule has 1 N–H and O–H groups in total. The first kappa shape index (κ1) is 20.9. The molecule has 7 nitrogen and oxygen atoms in total. The molecule has 1 amide bonds. The van der Waals surface area contributed by atoms with E-state index in [-0.39, 0.29) is 18.3 Å². The van der Waals surface area contributed by atoms with Gasteiger partial charge in [0.25, 0.3) is 0 Å². The molecule has 8 heteroatoms. The molecule has 0 spiro atoms. The number of hydrogen-bond donors (Lipinski definition) is 1. The topological polar surface area (TPSA) is 80.5 Å². The molecule has 2 rings (SSSR count). The van der Waals surface area contributed by atoms with Crippen molar-refractivity contribution in [1.29, 1.82) is 0 Å². The lowest BCUT2D eigenvalue weighted by Gasteiger charge is -2.16. The second-order valence-corrected chi connectivity index (χ2v) is 5.39. The van der Waals surface area contributed by atoms with Gasteiger partial charge in [0, 0.05) is 38.5 Å². The monoisotopic (exact) mass is 368 g/mol. The minimum Gasteiger partial charge on any atom is -0.494 e. The van der Waals surface area contributed by atoms with Gasteiger partial charge in [-0.05, 0) is 38.2 Å². The molecule has 0 aliphatic heterocycles. The van der Waals surface area contributed by atoms with Crippen LogP contribution in [0.3, 0.4) is 0 Å². The van der Waals surface area contributed by atoms with Crippen molar-refractivity contribution in [2.75, 3.05) is 33.8 Å². The van der Waals surface area contributed by atoms with Crippen LogP contribution in [0.5, 0.6) is 5.75 Å². The van der Waals surface area contributed by atoms with Crippen LogP contribution in [0.25, 0.3) is 11.4 Å². The van der Waals surface area contributed by atoms with Crippen molar-refractivity contribution in [3.63, 3.8) is 0 Å². The Morgan fingerprint density at radius 2 is 2.04 bits per heavy atom. The van der Waals surface area contributed by atoms with Crippen LogP contribution in [0, 0.1) is 0 Å². The molecule has 2 aromatic rings. The van der Waals surface area contributed by atoms with Crippen molar-refractivity contribution < 1.29 is 14.1 Å². The quantitative estimate of drug-likeness (QED) is 0.730. The molecule has 0 aliphatic rings. The van der Waals surface area contributed by atoms with E-state index in [1.54, 1.807) is 11.9 Å². The molecule has 1 aromatic heterocycles. The van der Waals surface area contributed by atoms with Crippen LogP contribution in [-0.4, -0.2) is 54.7 Å². The SMILES string of the molecule is CCOc1ccc(-c2noc(CCC(=O)N(C)CCNC)n2)cc1.Cl. The third kappa shape index (κ3) is 6.36. The summed E-state index contributed by atoms with van der Waals surface area (Å²) in [7, 11) is 3.65. The third-order valence-electron chi connectivity index (χ3n) is 3.57. The van der Waals surface area contributed by atoms with E-state index >= 15 is 0 Å². The van der Waals surface area contributed by atoms with E-state index in [1.807, 2.05) is 38.2 Å². The summed E-state index contributed by atoms with van der Waals surface area (Å²) in [6, 6.07) is 7.51. The number of halogens is 1. The van der Waals surface area contributed by atoms with Crippen molar-refractivity contribution in [3.05, 3.63) is 30.2 Å². The Kier molecular flexibility index (Phi) is 8.94. The number of nitrogens with one attached hydrogen (secondary N) is 1. The van der Waals surface area contributed by atoms with Gasteiger partial charge in [-0.1, -0.05) is 5.16 Å². The van der Waals surface area contributed by atoms with Gasteiger partial charge in [-0.3, -0.25) is 4.79 Å². The number of ether oxygens (including phenoxy) is 1. The van der Waals surface area contributed by atoms with Gasteiger partial charge in [-0.2, -0.15) is 4.98 Å². The fraction of sp³-hybridized carbons (Fsp3) is 0.471. The molecular formula is C17H25ClN4O3. The minimum atomic E-state index is 0. The van der Waals surface area contributed by atoms with E-state index in [0.717, 1.165) is 17.9 Å². The smallest absolute Gasteiger partial charge is 0.227 e. The zero-order chi connectivity index (χ0) is 17.4. The number of benzene rings is 1. The summed E-state index contributed by atoms with van der Waals surface area (Å²) in [4.78, 5) is 18.0. The highest BCUT2D eigenvalue weighted by Gasteiger charge is 2.13. The lowest BCUT2D eigenvalue weighted by atomic mass is 10.2. The largest absolute Gasteiger partial charge is 0.494 e. The van der Waals surface area contributed by atoms with E-state index in [1.165, 1.54) is 0 Å². The van der Waals surface area contributed by atoms with Crippen molar-refractivity contribution in [3.8, 4) is 17.1 Å². The standard InChI is InChI=1S/C17H24N4O3.ClH/c1-4-23-14-7-5-13(6-8-14)17-19-15(24-20-17)9-10-16(22)21(3)12-11-18-2;/h5-8,18H,4,9-12H2,1-3H3;1H. The summed E-state index contributed by atoms with van der Waals surface area (Å²) in [6.45, 7) is 4.01.